The predicted octanol–water partition coefficient (Wildman–Crippen LogP) is 3.41. The molecular weight excluding hydrogens is 366 g/mol. The van der Waals surface area contributed by atoms with E-state index in [0.29, 0.717) is 23.5 Å². The molecule has 140 valence electrons. The Balaban J connectivity index is 0.00000101. The first-order chi connectivity index (χ1) is 11.4. The van der Waals surface area contributed by atoms with Crippen LogP contribution in [0.3, 0.4) is 0 Å². The lowest BCUT2D eigenvalue weighted by molar-refractivity contribution is -0.128. The molecule has 7 nitrogen and oxygen atoms in total. The lowest BCUT2D eigenvalue weighted by atomic mass is 9.86. The third-order valence-corrected chi connectivity index (χ3v) is 3.24. The number of hydrogen-bond donors (Lipinski definition) is 2. The number of halogens is 1. The summed E-state index contributed by atoms with van der Waals surface area (Å²) in [4.78, 5) is 15.5. The Morgan fingerprint density at radius 1 is 1.40 bits per heavy atom. The maximum Gasteiger partial charge on any atom is 0.294 e. The first kappa shape index (κ1) is 23.2. The lowest BCUT2D eigenvalue weighted by Crippen LogP contribution is -2.31. The monoisotopic (exact) mass is 389 g/mol. The Kier molecular flexibility index (Phi) is 9.49. The first-order valence-corrected chi connectivity index (χ1v) is 9.94. The number of nitrogens with two attached hydrogens (primary N) is 2. The van der Waals surface area contributed by atoms with Crippen LogP contribution in [0.1, 0.15) is 40.0 Å². The molecule has 0 radical (unpaired) electrons. The molecule has 0 aromatic heterocycles. The number of nitrogens with zero attached hydrogens (tertiary/aromatic N) is 1. The van der Waals surface area contributed by atoms with Crippen molar-refractivity contribution < 1.29 is 17.9 Å². The fourth-order valence-corrected chi connectivity index (χ4v) is 1.79. The van der Waals surface area contributed by atoms with Crippen LogP contribution in [0.25, 0.3) is 4.85 Å². The van der Waals surface area contributed by atoms with Gasteiger partial charge in [-0.1, -0.05) is 19.4 Å². The summed E-state index contributed by atoms with van der Waals surface area (Å²) in [7, 11) is 0.586. The average molecular weight is 390 g/mol. The van der Waals surface area contributed by atoms with Crippen molar-refractivity contribution in [2.45, 2.75) is 40.0 Å². The predicted molar refractivity (Wildman–Crippen MR) is 99.9 cm³/mol. The summed E-state index contributed by atoms with van der Waals surface area (Å²) in [5.41, 5.74) is 5.89. The average Bonchev–Trinajstić information content (AvgIpc) is 2.49. The van der Waals surface area contributed by atoms with E-state index in [0.717, 1.165) is 12.8 Å². The van der Waals surface area contributed by atoms with Gasteiger partial charge in [-0.25, -0.2) is 9.98 Å². The summed E-state index contributed by atoms with van der Waals surface area (Å²) in [5.74, 6) is 0.629. The highest BCUT2D eigenvalue weighted by atomic mass is 35.7. The zero-order chi connectivity index (χ0) is 19.7. The molecule has 0 fully saturated rings. The van der Waals surface area contributed by atoms with Crippen molar-refractivity contribution in [3.8, 4) is 5.75 Å². The van der Waals surface area contributed by atoms with Gasteiger partial charge >= 0.3 is 0 Å². The van der Waals surface area contributed by atoms with E-state index in [1.807, 2.05) is 13.8 Å². The number of ether oxygens (including phenoxy) is 1. The molecular formula is C16H24ClN3O4S. The summed E-state index contributed by atoms with van der Waals surface area (Å²) in [6, 6.07) is 5.11. The second-order valence-corrected chi connectivity index (χ2v) is 8.22. The van der Waals surface area contributed by atoms with Crippen LogP contribution in [0.2, 0.25) is 0 Å². The number of para-hydroxylation sites is 1. The third-order valence-electron chi connectivity index (χ3n) is 3.24. The van der Waals surface area contributed by atoms with Crippen LogP contribution in [0.15, 0.2) is 18.2 Å². The minimum Gasteiger partial charge on any atom is -0.504 e. The number of nitrogen functional groups attached to an aromatic ring is 1. The van der Waals surface area contributed by atoms with Gasteiger partial charge < -0.3 is 10.5 Å². The number of rotatable bonds is 7. The maximum atomic E-state index is 12.1. The molecule has 0 aliphatic carbocycles. The molecule has 1 aromatic carbocycles. The lowest BCUT2D eigenvalue weighted by Gasteiger charge is -2.24. The normalized spacial score (nSPS) is 11.0. The molecule has 0 heterocycles. The number of ketones is 1. The number of unbranched alkanes of at least 4 members (excludes halogenated alkanes) is 1. The van der Waals surface area contributed by atoms with Crippen molar-refractivity contribution in [2.24, 2.45) is 10.6 Å². The number of carbonyl (C=O) groups is 1. The molecule has 0 saturated heterocycles. The van der Waals surface area contributed by atoms with Crippen LogP contribution < -0.4 is 15.6 Å². The number of benzene rings is 1. The van der Waals surface area contributed by atoms with Gasteiger partial charge in [0.25, 0.3) is 9.24 Å². The van der Waals surface area contributed by atoms with E-state index in [1.165, 1.54) is 0 Å². The largest absolute Gasteiger partial charge is 0.504 e. The van der Waals surface area contributed by atoms with Crippen molar-refractivity contribution in [3.05, 3.63) is 29.6 Å². The van der Waals surface area contributed by atoms with Gasteiger partial charge in [0.15, 0.2) is 0 Å². The molecule has 0 saturated carbocycles. The second kappa shape index (κ2) is 10.2. The SMILES string of the molecule is NS(=O)(=O)Cl.[C-]#[N+]c1c(N)cccc1OCC(C)(C)C(=O)CCCC. The number of Topliss-reactive ketones (excluding diaryl/α,β-unsaturated/α-hetero) is 1. The van der Waals surface area contributed by atoms with E-state index in [4.69, 9.17) is 17.0 Å². The van der Waals surface area contributed by atoms with Gasteiger partial charge in [-0.3, -0.25) is 4.79 Å². The van der Waals surface area contributed by atoms with Crippen molar-refractivity contribution >= 4 is 37.1 Å². The van der Waals surface area contributed by atoms with Crippen molar-refractivity contribution in [3.63, 3.8) is 0 Å². The second-order valence-electron chi connectivity index (χ2n) is 5.98. The van der Waals surface area contributed by atoms with Crippen LogP contribution in [-0.4, -0.2) is 20.8 Å². The van der Waals surface area contributed by atoms with E-state index in [-0.39, 0.29) is 12.4 Å². The van der Waals surface area contributed by atoms with Crippen molar-refractivity contribution in [1.29, 1.82) is 0 Å². The van der Waals surface area contributed by atoms with Gasteiger partial charge in [-0.05, 0) is 32.4 Å². The molecule has 9 heteroatoms. The topological polar surface area (TPSA) is 117 Å². The van der Waals surface area contributed by atoms with E-state index in [9.17, 15) is 13.2 Å². The smallest absolute Gasteiger partial charge is 0.294 e. The molecule has 0 amide bonds. The fourth-order valence-electron chi connectivity index (χ4n) is 1.79. The highest BCUT2D eigenvalue weighted by molar-refractivity contribution is 8.11. The summed E-state index contributed by atoms with van der Waals surface area (Å²) in [6.45, 7) is 13.2. The summed E-state index contributed by atoms with van der Waals surface area (Å²) >= 11 is 0. The van der Waals surface area contributed by atoms with E-state index >= 15 is 0 Å². The zero-order valence-corrected chi connectivity index (χ0v) is 16.2. The third kappa shape index (κ3) is 9.92. The Morgan fingerprint density at radius 3 is 2.44 bits per heavy atom. The number of anilines is 1. The van der Waals surface area contributed by atoms with E-state index in [2.05, 4.69) is 27.6 Å². The Hall–Kier alpha value is -1.82. The number of carbonyl (C=O) groups excluding carboxylic acids is 1. The molecule has 1 aromatic rings. The highest BCUT2D eigenvalue weighted by Gasteiger charge is 2.28. The van der Waals surface area contributed by atoms with Gasteiger partial charge in [0.1, 0.15) is 11.5 Å². The van der Waals surface area contributed by atoms with Crippen LogP contribution >= 0.6 is 10.7 Å². The van der Waals surface area contributed by atoms with Gasteiger partial charge in [0.05, 0.1) is 18.6 Å². The molecule has 4 N–H and O–H groups in total. The Morgan fingerprint density at radius 2 is 1.96 bits per heavy atom. The molecule has 0 aliphatic rings. The van der Waals surface area contributed by atoms with Crippen molar-refractivity contribution in [1.82, 2.24) is 0 Å². The first-order valence-electron chi connectivity index (χ1n) is 7.56. The van der Waals surface area contributed by atoms with Crippen LogP contribution in [0.4, 0.5) is 11.4 Å². The van der Waals surface area contributed by atoms with Gasteiger partial charge in [-0.2, -0.15) is 8.42 Å². The standard InChI is InChI=1S/C16H22N2O2.ClH2NO2S/c1-5-6-10-14(19)16(2,3)11-20-13-9-7-8-12(17)15(13)18-4;1-5(2,3)4/h7-9H,5-6,10-11,17H2,1-3H3;(H2,2,3,4). The molecule has 0 spiro atoms. The zero-order valence-electron chi connectivity index (χ0n) is 14.6. The molecule has 0 aliphatic heterocycles. The highest BCUT2D eigenvalue weighted by Crippen LogP contribution is 2.34. The molecule has 25 heavy (non-hydrogen) atoms. The molecule has 0 unspecified atom stereocenters. The summed E-state index contributed by atoms with van der Waals surface area (Å²) in [5, 5.41) is 4.09. The molecule has 0 bridgehead atoms. The van der Waals surface area contributed by atoms with Crippen LogP contribution in [0, 0.1) is 12.0 Å². The summed E-state index contributed by atoms with van der Waals surface area (Å²) in [6.07, 6.45) is 2.47. The van der Waals surface area contributed by atoms with Crippen LogP contribution in [-0.2, 0) is 14.0 Å². The quantitative estimate of drug-likeness (QED) is 0.421. The van der Waals surface area contributed by atoms with Gasteiger partial charge in [-0.15, -0.1) is 0 Å². The van der Waals surface area contributed by atoms with Crippen molar-refractivity contribution in [2.75, 3.05) is 12.3 Å². The van der Waals surface area contributed by atoms with Gasteiger partial charge in [0, 0.05) is 22.8 Å². The maximum absolute atomic E-state index is 12.1. The Bertz CT molecular complexity index is 719. The van der Waals surface area contributed by atoms with E-state index < -0.39 is 14.7 Å². The minimum absolute atomic E-state index is 0.188. The molecule has 1 rings (SSSR count). The summed E-state index contributed by atoms with van der Waals surface area (Å²) < 4.78 is 24.0. The van der Waals surface area contributed by atoms with E-state index in [1.54, 1.807) is 18.2 Å². The van der Waals surface area contributed by atoms with Crippen LogP contribution in [0.5, 0.6) is 5.75 Å². The minimum atomic E-state index is -3.69. The fraction of sp³-hybridized carbons (Fsp3) is 0.500. The number of hydrogen-bond acceptors (Lipinski definition) is 5. The Labute approximate surface area is 153 Å². The molecule has 0 atom stereocenters. The van der Waals surface area contributed by atoms with Gasteiger partial charge in [0.2, 0.25) is 5.69 Å².